The summed E-state index contributed by atoms with van der Waals surface area (Å²) in [4.78, 5) is 15.9. The fourth-order valence-electron chi connectivity index (χ4n) is 2.22. The van der Waals surface area contributed by atoms with Gasteiger partial charge in [-0.15, -0.1) is 0 Å². The molecular weight excluding hydrogens is 289 g/mol. The van der Waals surface area contributed by atoms with E-state index in [0.717, 1.165) is 0 Å². The van der Waals surface area contributed by atoms with Crippen LogP contribution in [0.25, 0.3) is 0 Å². The Balaban J connectivity index is 2.04. The first-order valence-electron chi connectivity index (χ1n) is 6.14. The monoisotopic (exact) mass is 303 g/mol. The second kappa shape index (κ2) is 6.07. The quantitative estimate of drug-likeness (QED) is 0.620. The Hall–Kier alpha value is -0.840. The van der Waals surface area contributed by atoms with Crippen molar-refractivity contribution in [3.8, 4) is 0 Å². The van der Waals surface area contributed by atoms with Gasteiger partial charge in [0.25, 0.3) is 0 Å². The van der Waals surface area contributed by atoms with Crippen LogP contribution in [-0.4, -0.2) is 29.3 Å². The highest BCUT2D eigenvalue weighted by molar-refractivity contribution is 6.34. The predicted molar refractivity (Wildman–Crippen MR) is 72.7 cm³/mol. The summed E-state index contributed by atoms with van der Waals surface area (Å²) >= 11 is 11.6. The molecule has 0 aromatic carbocycles. The van der Waals surface area contributed by atoms with Crippen molar-refractivity contribution >= 4 is 29.2 Å². The predicted octanol–water partition coefficient (Wildman–Crippen LogP) is 3.50. The molecule has 1 aliphatic heterocycles. The summed E-state index contributed by atoms with van der Waals surface area (Å²) in [5, 5.41) is 0.306. The van der Waals surface area contributed by atoms with Crippen LogP contribution in [0.4, 0.5) is 0 Å². The molecule has 1 fully saturated rings. The van der Waals surface area contributed by atoms with E-state index >= 15 is 0 Å². The van der Waals surface area contributed by atoms with Crippen molar-refractivity contribution in [2.45, 2.75) is 45.0 Å². The van der Waals surface area contributed by atoms with Gasteiger partial charge in [-0.05, 0) is 26.0 Å². The average Bonchev–Trinajstić information content (AvgIpc) is 2.26. The zero-order chi connectivity index (χ0) is 14.0. The van der Waals surface area contributed by atoms with E-state index in [2.05, 4.69) is 4.98 Å². The van der Waals surface area contributed by atoms with Gasteiger partial charge >= 0.3 is 5.97 Å². The Morgan fingerprint density at radius 2 is 1.95 bits per heavy atom. The van der Waals surface area contributed by atoms with Crippen molar-refractivity contribution < 1.29 is 14.3 Å². The molecule has 0 spiro atoms. The first-order chi connectivity index (χ1) is 8.95. The number of rotatable bonds is 2. The van der Waals surface area contributed by atoms with Gasteiger partial charge in [0.05, 0.1) is 17.8 Å². The lowest BCUT2D eigenvalue weighted by Crippen LogP contribution is -2.35. The van der Waals surface area contributed by atoms with Gasteiger partial charge in [0.15, 0.2) is 0 Å². The smallest absolute Gasteiger partial charge is 0.341 e. The molecule has 0 saturated carbocycles. The third-order valence-electron chi connectivity index (χ3n) is 2.96. The van der Waals surface area contributed by atoms with Crippen molar-refractivity contribution in [1.82, 2.24) is 4.98 Å². The minimum atomic E-state index is -0.472. The summed E-state index contributed by atoms with van der Waals surface area (Å²) in [5.41, 5.74) is 0.234. The van der Waals surface area contributed by atoms with Crippen molar-refractivity contribution in [3.05, 3.63) is 28.0 Å². The van der Waals surface area contributed by atoms with Gasteiger partial charge in [0, 0.05) is 12.8 Å². The summed E-state index contributed by atoms with van der Waals surface area (Å²) in [6.45, 7) is 3.93. The molecule has 1 aromatic heterocycles. The molecule has 6 heteroatoms. The van der Waals surface area contributed by atoms with Crippen LogP contribution in [-0.2, 0) is 9.47 Å². The highest BCUT2D eigenvalue weighted by atomic mass is 35.5. The van der Waals surface area contributed by atoms with Crippen LogP contribution < -0.4 is 0 Å². The molecule has 0 N–H and O–H groups in total. The van der Waals surface area contributed by atoms with Crippen LogP contribution in [0, 0.1) is 0 Å². The summed E-state index contributed by atoms with van der Waals surface area (Å²) in [6, 6.07) is 3.03. The van der Waals surface area contributed by atoms with Crippen LogP contribution in [0.3, 0.4) is 0 Å². The first-order valence-corrected chi connectivity index (χ1v) is 6.89. The second-order valence-corrected chi connectivity index (χ2v) is 5.47. The SMILES string of the molecule is CC1CC(OC(=O)c2ccc(Cl)nc2Cl)CC(C)O1. The van der Waals surface area contributed by atoms with Gasteiger partial charge in [-0.25, -0.2) is 9.78 Å². The highest BCUT2D eigenvalue weighted by Gasteiger charge is 2.28. The molecule has 104 valence electrons. The molecule has 2 heterocycles. The molecule has 0 aliphatic carbocycles. The molecule has 0 radical (unpaired) electrons. The number of aromatic nitrogens is 1. The van der Waals surface area contributed by atoms with Crippen molar-refractivity contribution in [3.63, 3.8) is 0 Å². The topological polar surface area (TPSA) is 48.4 Å². The molecule has 4 nitrogen and oxygen atoms in total. The fraction of sp³-hybridized carbons (Fsp3) is 0.538. The van der Waals surface area contributed by atoms with E-state index in [-0.39, 0.29) is 34.2 Å². The third-order valence-corrected chi connectivity index (χ3v) is 3.46. The van der Waals surface area contributed by atoms with Gasteiger partial charge in [0.2, 0.25) is 0 Å². The number of halogens is 2. The maximum Gasteiger partial charge on any atom is 0.341 e. The number of esters is 1. The van der Waals surface area contributed by atoms with E-state index < -0.39 is 5.97 Å². The average molecular weight is 304 g/mol. The minimum Gasteiger partial charge on any atom is -0.458 e. The summed E-state index contributed by atoms with van der Waals surface area (Å²) in [7, 11) is 0. The molecule has 1 aliphatic rings. The molecule has 2 unspecified atom stereocenters. The molecule has 1 aromatic rings. The van der Waals surface area contributed by atoms with E-state index in [1.165, 1.54) is 12.1 Å². The van der Waals surface area contributed by atoms with Gasteiger partial charge in [-0.2, -0.15) is 0 Å². The summed E-state index contributed by atoms with van der Waals surface area (Å²) in [6.07, 6.45) is 1.39. The summed E-state index contributed by atoms with van der Waals surface area (Å²) in [5.74, 6) is -0.472. The maximum atomic E-state index is 12.0. The molecule has 0 bridgehead atoms. The number of carbonyl (C=O) groups is 1. The lowest BCUT2D eigenvalue weighted by atomic mass is 10.0. The largest absolute Gasteiger partial charge is 0.458 e. The first kappa shape index (κ1) is 14.6. The number of ether oxygens (including phenoxy) is 2. The van der Waals surface area contributed by atoms with E-state index in [9.17, 15) is 4.79 Å². The standard InChI is InChI=1S/C13H15Cl2NO3/c1-7-5-9(6-8(2)18-7)19-13(17)10-3-4-11(14)16-12(10)15/h3-4,7-9H,5-6H2,1-2H3. The number of carbonyl (C=O) groups excluding carboxylic acids is 1. The van der Waals surface area contributed by atoms with E-state index in [1.54, 1.807) is 0 Å². The van der Waals surface area contributed by atoms with Crippen molar-refractivity contribution in [1.29, 1.82) is 0 Å². The van der Waals surface area contributed by atoms with Crippen LogP contribution in [0.15, 0.2) is 12.1 Å². The Morgan fingerprint density at radius 3 is 2.53 bits per heavy atom. The number of nitrogens with zero attached hydrogens (tertiary/aromatic N) is 1. The molecule has 2 rings (SSSR count). The minimum absolute atomic E-state index is 0.0608. The van der Waals surface area contributed by atoms with E-state index in [0.29, 0.717) is 12.8 Å². The Morgan fingerprint density at radius 1 is 1.32 bits per heavy atom. The highest BCUT2D eigenvalue weighted by Crippen LogP contribution is 2.24. The normalized spacial score (nSPS) is 27.1. The van der Waals surface area contributed by atoms with Crippen LogP contribution >= 0.6 is 23.2 Å². The lowest BCUT2D eigenvalue weighted by molar-refractivity contribution is -0.0855. The Bertz CT molecular complexity index is 471. The van der Waals surface area contributed by atoms with Crippen molar-refractivity contribution in [2.24, 2.45) is 0 Å². The molecule has 19 heavy (non-hydrogen) atoms. The number of hydrogen-bond donors (Lipinski definition) is 0. The number of hydrogen-bond acceptors (Lipinski definition) is 4. The zero-order valence-corrected chi connectivity index (χ0v) is 12.2. The second-order valence-electron chi connectivity index (χ2n) is 4.73. The third kappa shape index (κ3) is 3.81. The van der Waals surface area contributed by atoms with Crippen molar-refractivity contribution in [2.75, 3.05) is 0 Å². The molecular formula is C13H15Cl2NO3. The zero-order valence-electron chi connectivity index (χ0n) is 10.7. The van der Waals surface area contributed by atoms with E-state index in [4.69, 9.17) is 32.7 Å². The number of pyridine rings is 1. The van der Waals surface area contributed by atoms with Gasteiger partial charge in [-0.3, -0.25) is 0 Å². The Labute approximate surface area is 122 Å². The maximum absolute atomic E-state index is 12.0. The Kier molecular flexibility index (Phi) is 4.66. The van der Waals surface area contributed by atoms with Gasteiger partial charge < -0.3 is 9.47 Å². The lowest BCUT2D eigenvalue weighted by Gasteiger charge is -2.31. The van der Waals surface area contributed by atoms with Gasteiger partial charge in [0.1, 0.15) is 16.4 Å². The van der Waals surface area contributed by atoms with Crippen LogP contribution in [0.5, 0.6) is 0 Å². The van der Waals surface area contributed by atoms with Gasteiger partial charge in [-0.1, -0.05) is 23.2 Å². The molecule has 2 atom stereocenters. The molecule has 1 saturated heterocycles. The fourth-order valence-corrected chi connectivity index (χ4v) is 2.64. The summed E-state index contributed by atoms with van der Waals surface area (Å²) < 4.78 is 11.0. The van der Waals surface area contributed by atoms with Crippen LogP contribution in [0.1, 0.15) is 37.0 Å². The van der Waals surface area contributed by atoms with E-state index in [1.807, 2.05) is 13.8 Å². The molecule has 0 amide bonds. The van der Waals surface area contributed by atoms with Crippen LogP contribution in [0.2, 0.25) is 10.3 Å².